The smallest absolute Gasteiger partial charge is 0.0449 e. The number of likely N-dealkylation sites (tertiary alicyclic amines) is 1. The maximum Gasteiger partial charge on any atom is 0.0449 e. The molecule has 0 amide bonds. The van der Waals surface area contributed by atoms with Gasteiger partial charge in [-0.15, -0.1) is 0 Å². The molecule has 1 heterocycles. The number of hydrogen-bond acceptors (Lipinski definition) is 2. The van der Waals surface area contributed by atoms with Crippen molar-refractivity contribution in [2.24, 2.45) is 11.8 Å². The molecular formula is C18H30N2. The van der Waals surface area contributed by atoms with Gasteiger partial charge in [-0.1, -0.05) is 38.1 Å². The number of rotatable bonds is 4. The molecule has 4 unspecified atom stereocenters. The third kappa shape index (κ3) is 3.42. The molecular weight excluding hydrogens is 244 g/mol. The van der Waals surface area contributed by atoms with Crippen molar-refractivity contribution in [2.45, 2.75) is 46.2 Å². The van der Waals surface area contributed by atoms with Crippen LogP contribution in [-0.4, -0.2) is 31.1 Å². The molecule has 4 atom stereocenters. The fourth-order valence-corrected chi connectivity index (χ4v) is 3.63. The predicted octanol–water partition coefficient (Wildman–Crippen LogP) is 3.62. The second-order valence-corrected chi connectivity index (χ2v) is 6.71. The monoisotopic (exact) mass is 274 g/mol. The van der Waals surface area contributed by atoms with Crippen molar-refractivity contribution in [3.05, 3.63) is 35.4 Å². The molecule has 0 aliphatic carbocycles. The summed E-state index contributed by atoms with van der Waals surface area (Å²) in [5, 5.41) is 3.52. The fraction of sp³-hybridized carbons (Fsp3) is 0.667. The number of benzene rings is 1. The topological polar surface area (TPSA) is 15.3 Å². The van der Waals surface area contributed by atoms with Gasteiger partial charge in [0.25, 0.3) is 0 Å². The van der Waals surface area contributed by atoms with E-state index in [0.717, 1.165) is 18.4 Å². The fourth-order valence-electron chi connectivity index (χ4n) is 3.63. The molecule has 0 saturated carbocycles. The van der Waals surface area contributed by atoms with Crippen molar-refractivity contribution in [1.29, 1.82) is 0 Å². The molecule has 1 aliphatic rings. The molecule has 2 rings (SSSR count). The summed E-state index contributed by atoms with van der Waals surface area (Å²) in [7, 11) is 2.08. The van der Waals surface area contributed by atoms with Crippen LogP contribution < -0.4 is 5.32 Å². The van der Waals surface area contributed by atoms with Gasteiger partial charge in [-0.2, -0.15) is 0 Å². The second kappa shape index (κ2) is 6.73. The van der Waals surface area contributed by atoms with Crippen LogP contribution in [0.5, 0.6) is 0 Å². The second-order valence-electron chi connectivity index (χ2n) is 6.71. The van der Waals surface area contributed by atoms with Crippen molar-refractivity contribution < 1.29 is 0 Å². The van der Waals surface area contributed by atoms with E-state index in [-0.39, 0.29) is 0 Å². The molecule has 0 spiro atoms. The highest BCUT2D eigenvalue weighted by molar-refractivity contribution is 5.29. The standard InChI is InChI=1S/C18H30N2/c1-13-10-15(3)16(4)20(11-13)12-18(19-5)17-9-7-6-8-14(17)2/h6-9,13,15-16,18-19H,10-12H2,1-5H3. The minimum Gasteiger partial charge on any atom is -0.312 e. The van der Waals surface area contributed by atoms with E-state index >= 15 is 0 Å². The van der Waals surface area contributed by atoms with E-state index in [9.17, 15) is 0 Å². The Bertz CT molecular complexity index is 429. The summed E-state index contributed by atoms with van der Waals surface area (Å²) in [6.07, 6.45) is 1.37. The van der Waals surface area contributed by atoms with Crippen LogP contribution in [0.1, 0.15) is 44.4 Å². The molecule has 1 aromatic carbocycles. The van der Waals surface area contributed by atoms with E-state index in [1.807, 2.05) is 0 Å². The Morgan fingerprint density at radius 2 is 1.95 bits per heavy atom. The van der Waals surface area contributed by atoms with E-state index in [1.54, 1.807) is 0 Å². The zero-order valence-electron chi connectivity index (χ0n) is 13.7. The van der Waals surface area contributed by atoms with Crippen LogP contribution in [0.15, 0.2) is 24.3 Å². The van der Waals surface area contributed by atoms with Crippen LogP contribution >= 0.6 is 0 Å². The van der Waals surface area contributed by atoms with Gasteiger partial charge in [-0.3, -0.25) is 4.90 Å². The first-order chi connectivity index (χ1) is 9.52. The van der Waals surface area contributed by atoms with E-state index in [4.69, 9.17) is 0 Å². The van der Waals surface area contributed by atoms with E-state index in [0.29, 0.717) is 12.1 Å². The lowest BCUT2D eigenvalue weighted by molar-refractivity contribution is 0.0710. The normalized spacial score (nSPS) is 29.4. The Hall–Kier alpha value is -0.860. The SMILES string of the molecule is CNC(CN1CC(C)CC(C)C1C)c1ccccc1C. The molecule has 1 aromatic rings. The molecule has 2 nitrogen and oxygen atoms in total. The molecule has 0 bridgehead atoms. The van der Waals surface area contributed by atoms with Gasteiger partial charge in [0.05, 0.1) is 0 Å². The molecule has 1 N–H and O–H groups in total. The van der Waals surface area contributed by atoms with Crippen molar-refractivity contribution in [3.8, 4) is 0 Å². The van der Waals surface area contributed by atoms with Gasteiger partial charge < -0.3 is 5.32 Å². The summed E-state index contributed by atoms with van der Waals surface area (Å²) < 4.78 is 0. The van der Waals surface area contributed by atoms with Crippen molar-refractivity contribution >= 4 is 0 Å². The third-order valence-corrected chi connectivity index (χ3v) is 5.05. The highest BCUT2D eigenvalue weighted by atomic mass is 15.2. The average molecular weight is 274 g/mol. The zero-order chi connectivity index (χ0) is 14.7. The number of nitrogens with one attached hydrogen (secondary N) is 1. The third-order valence-electron chi connectivity index (χ3n) is 5.05. The largest absolute Gasteiger partial charge is 0.312 e. The average Bonchev–Trinajstić information content (AvgIpc) is 2.42. The van der Waals surface area contributed by atoms with Crippen LogP contribution in [0, 0.1) is 18.8 Å². The number of hydrogen-bond donors (Lipinski definition) is 1. The quantitative estimate of drug-likeness (QED) is 0.902. The Balaban J connectivity index is 2.12. The van der Waals surface area contributed by atoms with Gasteiger partial charge in [0, 0.05) is 25.2 Å². The Morgan fingerprint density at radius 1 is 1.25 bits per heavy atom. The molecule has 1 saturated heterocycles. The maximum atomic E-state index is 3.52. The summed E-state index contributed by atoms with van der Waals surface area (Å²) in [5.74, 6) is 1.61. The van der Waals surface area contributed by atoms with Gasteiger partial charge in [0.1, 0.15) is 0 Å². The summed E-state index contributed by atoms with van der Waals surface area (Å²) in [6.45, 7) is 11.7. The summed E-state index contributed by atoms with van der Waals surface area (Å²) in [6, 6.07) is 9.86. The number of nitrogens with zero attached hydrogens (tertiary/aromatic N) is 1. The van der Waals surface area contributed by atoms with E-state index < -0.39 is 0 Å². The summed E-state index contributed by atoms with van der Waals surface area (Å²) >= 11 is 0. The molecule has 0 radical (unpaired) electrons. The predicted molar refractivity (Wildman–Crippen MR) is 87.0 cm³/mol. The molecule has 0 aromatic heterocycles. The Kier molecular flexibility index (Phi) is 5.22. The minimum atomic E-state index is 0.427. The first-order valence-electron chi connectivity index (χ1n) is 7.99. The minimum absolute atomic E-state index is 0.427. The van der Waals surface area contributed by atoms with Gasteiger partial charge in [0.2, 0.25) is 0 Å². The van der Waals surface area contributed by atoms with E-state index in [2.05, 4.69) is 69.2 Å². The summed E-state index contributed by atoms with van der Waals surface area (Å²) in [4.78, 5) is 2.67. The zero-order valence-corrected chi connectivity index (χ0v) is 13.7. The lowest BCUT2D eigenvalue weighted by Gasteiger charge is -2.42. The van der Waals surface area contributed by atoms with Gasteiger partial charge in [-0.05, 0) is 50.3 Å². The molecule has 20 heavy (non-hydrogen) atoms. The highest BCUT2D eigenvalue weighted by Gasteiger charge is 2.30. The van der Waals surface area contributed by atoms with Crippen LogP contribution in [0.25, 0.3) is 0 Å². The molecule has 1 fully saturated rings. The van der Waals surface area contributed by atoms with Gasteiger partial charge >= 0.3 is 0 Å². The molecule has 1 aliphatic heterocycles. The van der Waals surface area contributed by atoms with Gasteiger partial charge in [0.15, 0.2) is 0 Å². The van der Waals surface area contributed by atoms with Crippen molar-refractivity contribution in [1.82, 2.24) is 10.2 Å². The van der Waals surface area contributed by atoms with Gasteiger partial charge in [-0.25, -0.2) is 0 Å². The van der Waals surface area contributed by atoms with Crippen molar-refractivity contribution in [2.75, 3.05) is 20.1 Å². The van der Waals surface area contributed by atoms with Crippen LogP contribution in [0.3, 0.4) is 0 Å². The van der Waals surface area contributed by atoms with Crippen LogP contribution in [0.2, 0.25) is 0 Å². The van der Waals surface area contributed by atoms with E-state index in [1.165, 1.54) is 24.1 Å². The highest BCUT2D eigenvalue weighted by Crippen LogP contribution is 2.29. The number of aryl methyl sites for hydroxylation is 1. The van der Waals surface area contributed by atoms with Crippen LogP contribution in [-0.2, 0) is 0 Å². The van der Waals surface area contributed by atoms with Crippen molar-refractivity contribution in [3.63, 3.8) is 0 Å². The Morgan fingerprint density at radius 3 is 2.60 bits per heavy atom. The van der Waals surface area contributed by atoms with Crippen LogP contribution in [0.4, 0.5) is 0 Å². The molecule has 112 valence electrons. The lowest BCUT2D eigenvalue weighted by atomic mass is 9.85. The summed E-state index contributed by atoms with van der Waals surface area (Å²) in [5.41, 5.74) is 2.82. The first kappa shape index (κ1) is 15.5. The molecule has 2 heteroatoms. The maximum absolute atomic E-state index is 3.52. The Labute approximate surface area is 124 Å². The number of likely N-dealkylation sites (N-methyl/N-ethyl adjacent to an activating group) is 1. The first-order valence-corrected chi connectivity index (χ1v) is 7.99. The number of piperidine rings is 1. The lowest BCUT2D eigenvalue weighted by Crippen LogP contribution is -2.48.